The number of hydrogen-bond donors (Lipinski definition) is 1. The highest BCUT2D eigenvalue weighted by molar-refractivity contribution is 7.71. The Labute approximate surface area is 99.5 Å². The lowest BCUT2D eigenvalue weighted by molar-refractivity contribution is 0.543. The molecule has 2 heterocycles. The minimum absolute atomic E-state index is 0.360. The fraction of sp³-hybridized carbons (Fsp3) is 0.500. The van der Waals surface area contributed by atoms with E-state index in [0.29, 0.717) is 11.5 Å². The van der Waals surface area contributed by atoms with Crippen LogP contribution in [0.3, 0.4) is 0 Å². The molecule has 16 heavy (non-hydrogen) atoms. The molecule has 0 spiro atoms. The van der Waals surface area contributed by atoms with Crippen LogP contribution in [0.2, 0.25) is 0 Å². The van der Waals surface area contributed by atoms with Crippen molar-refractivity contribution in [1.29, 1.82) is 0 Å². The summed E-state index contributed by atoms with van der Waals surface area (Å²) >= 11 is 5.38. The lowest BCUT2D eigenvalue weighted by Gasteiger charge is -2.05. The number of imidazole rings is 1. The Balaban J connectivity index is 2.27. The molecule has 0 amide bonds. The number of aromatic amines is 1. The van der Waals surface area contributed by atoms with Gasteiger partial charge in [-0.2, -0.15) is 0 Å². The van der Waals surface area contributed by atoms with E-state index in [1.807, 2.05) is 13.0 Å². The van der Waals surface area contributed by atoms with Crippen molar-refractivity contribution in [2.24, 2.45) is 5.41 Å². The Kier molecular flexibility index (Phi) is 1.84. The van der Waals surface area contributed by atoms with E-state index in [4.69, 9.17) is 12.2 Å². The van der Waals surface area contributed by atoms with Gasteiger partial charge in [-0.05, 0) is 43.1 Å². The number of aromatic nitrogens is 3. The highest BCUT2D eigenvalue weighted by Crippen LogP contribution is 2.56. The fourth-order valence-electron chi connectivity index (χ4n) is 2.27. The predicted octanol–water partition coefficient (Wildman–Crippen LogP) is 3.37. The molecule has 0 aromatic carbocycles. The van der Waals surface area contributed by atoms with Crippen molar-refractivity contribution in [3.63, 3.8) is 0 Å². The molecule has 4 heteroatoms. The minimum Gasteiger partial charge on any atom is -0.329 e. The van der Waals surface area contributed by atoms with Crippen molar-refractivity contribution in [1.82, 2.24) is 14.5 Å². The van der Waals surface area contributed by atoms with Crippen LogP contribution >= 0.6 is 12.2 Å². The molecule has 1 unspecified atom stereocenters. The van der Waals surface area contributed by atoms with E-state index < -0.39 is 0 Å². The average molecular weight is 233 g/mol. The molecule has 0 saturated heterocycles. The molecule has 1 atom stereocenters. The van der Waals surface area contributed by atoms with Gasteiger partial charge in [-0.1, -0.05) is 13.8 Å². The first kappa shape index (κ1) is 10.0. The average Bonchev–Trinajstić information content (AvgIpc) is 2.68. The molecule has 84 valence electrons. The summed E-state index contributed by atoms with van der Waals surface area (Å²) in [5.41, 5.74) is 3.44. The number of rotatable bonds is 1. The molecule has 1 saturated carbocycles. The molecule has 2 aromatic heterocycles. The van der Waals surface area contributed by atoms with Crippen LogP contribution in [-0.2, 0) is 0 Å². The van der Waals surface area contributed by atoms with Gasteiger partial charge in [0.05, 0.1) is 5.52 Å². The first-order chi connectivity index (χ1) is 7.49. The van der Waals surface area contributed by atoms with E-state index in [9.17, 15) is 0 Å². The van der Waals surface area contributed by atoms with Crippen molar-refractivity contribution < 1.29 is 0 Å². The van der Waals surface area contributed by atoms with E-state index in [2.05, 4.69) is 34.4 Å². The topological polar surface area (TPSA) is 33.6 Å². The van der Waals surface area contributed by atoms with Crippen molar-refractivity contribution in [2.45, 2.75) is 33.2 Å². The highest BCUT2D eigenvalue weighted by atomic mass is 32.1. The zero-order valence-electron chi connectivity index (χ0n) is 9.74. The van der Waals surface area contributed by atoms with Crippen molar-refractivity contribution in [3.8, 4) is 0 Å². The van der Waals surface area contributed by atoms with Crippen LogP contribution in [0.5, 0.6) is 0 Å². The van der Waals surface area contributed by atoms with Crippen LogP contribution in [0.15, 0.2) is 12.1 Å². The summed E-state index contributed by atoms with van der Waals surface area (Å²) < 4.78 is 2.97. The number of nitrogens with one attached hydrogen (secondary N) is 1. The summed E-state index contributed by atoms with van der Waals surface area (Å²) in [4.78, 5) is 7.82. The molecule has 3 rings (SSSR count). The van der Waals surface area contributed by atoms with Crippen LogP contribution in [0.25, 0.3) is 11.2 Å². The van der Waals surface area contributed by atoms with E-state index in [1.165, 1.54) is 6.42 Å². The maximum Gasteiger partial charge on any atom is 0.179 e. The number of aryl methyl sites for hydroxylation is 1. The van der Waals surface area contributed by atoms with Gasteiger partial charge in [0, 0.05) is 11.7 Å². The van der Waals surface area contributed by atoms with Gasteiger partial charge in [-0.3, -0.25) is 4.57 Å². The first-order valence-electron chi connectivity index (χ1n) is 5.57. The number of hydrogen-bond acceptors (Lipinski definition) is 2. The second kappa shape index (κ2) is 2.94. The summed E-state index contributed by atoms with van der Waals surface area (Å²) in [6.07, 6.45) is 1.18. The number of nitrogens with zero attached hydrogens (tertiary/aromatic N) is 2. The molecule has 0 bridgehead atoms. The van der Waals surface area contributed by atoms with Crippen molar-refractivity contribution in [3.05, 3.63) is 22.6 Å². The second-order valence-electron chi connectivity index (χ2n) is 5.33. The Hall–Kier alpha value is -1.16. The van der Waals surface area contributed by atoms with E-state index in [1.54, 1.807) is 0 Å². The Morgan fingerprint density at radius 3 is 2.81 bits per heavy atom. The molecular formula is C12H15N3S. The molecule has 3 nitrogen and oxygen atoms in total. The largest absolute Gasteiger partial charge is 0.329 e. The Bertz CT molecular complexity index is 621. The lowest BCUT2D eigenvalue weighted by Crippen LogP contribution is -2.01. The summed E-state index contributed by atoms with van der Waals surface area (Å²) in [6, 6.07) is 4.57. The smallest absolute Gasteiger partial charge is 0.179 e. The van der Waals surface area contributed by atoms with Crippen molar-refractivity contribution >= 4 is 23.4 Å². The SMILES string of the molecule is Cc1ccc2[nH]c(=S)n(C3CC3(C)C)c2n1. The third-order valence-electron chi connectivity index (χ3n) is 3.48. The number of pyridine rings is 1. The van der Waals surface area contributed by atoms with Gasteiger partial charge in [0.25, 0.3) is 0 Å². The van der Waals surface area contributed by atoms with Gasteiger partial charge in [0.1, 0.15) is 0 Å². The molecule has 1 N–H and O–H groups in total. The standard InChI is InChI=1S/C12H15N3S/c1-7-4-5-8-10(13-7)15(11(16)14-8)9-6-12(9,2)3/h4-5,9H,6H2,1-3H3,(H,14,16). The molecular weight excluding hydrogens is 218 g/mol. The molecule has 1 aliphatic rings. The van der Waals surface area contributed by atoms with E-state index in [-0.39, 0.29) is 0 Å². The number of fused-ring (bicyclic) bond motifs is 1. The van der Waals surface area contributed by atoms with Gasteiger partial charge in [-0.25, -0.2) is 4.98 Å². The summed E-state index contributed by atoms with van der Waals surface area (Å²) in [6.45, 7) is 6.56. The fourth-order valence-corrected chi connectivity index (χ4v) is 2.59. The first-order valence-corrected chi connectivity index (χ1v) is 5.98. The van der Waals surface area contributed by atoms with Crippen LogP contribution in [0.1, 0.15) is 32.0 Å². The molecule has 2 aromatic rings. The zero-order valence-corrected chi connectivity index (χ0v) is 10.6. The van der Waals surface area contributed by atoms with Gasteiger partial charge < -0.3 is 4.98 Å². The minimum atomic E-state index is 0.360. The Morgan fingerprint density at radius 2 is 2.19 bits per heavy atom. The van der Waals surface area contributed by atoms with Gasteiger partial charge in [0.15, 0.2) is 10.4 Å². The summed E-state index contributed by atoms with van der Waals surface area (Å²) in [5, 5.41) is 0. The molecule has 0 radical (unpaired) electrons. The third-order valence-corrected chi connectivity index (χ3v) is 3.77. The second-order valence-corrected chi connectivity index (χ2v) is 5.72. The normalized spacial score (nSPS) is 22.6. The van der Waals surface area contributed by atoms with E-state index in [0.717, 1.165) is 21.6 Å². The van der Waals surface area contributed by atoms with Crippen LogP contribution in [0, 0.1) is 17.1 Å². The monoisotopic (exact) mass is 233 g/mol. The lowest BCUT2D eigenvalue weighted by atomic mass is 10.2. The quantitative estimate of drug-likeness (QED) is 0.766. The predicted molar refractivity (Wildman–Crippen MR) is 67.1 cm³/mol. The molecule has 1 aliphatic carbocycles. The Morgan fingerprint density at radius 1 is 1.50 bits per heavy atom. The molecule has 1 fully saturated rings. The third kappa shape index (κ3) is 1.33. The van der Waals surface area contributed by atoms with Crippen LogP contribution < -0.4 is 0 Å². The van der Waals surface area contributed by atoms with Gasteiger partial charge >= 0.3 is 0 Å². The zero-order chi connectivity index (χ0) is 11.5. The van der Waals surface area contributed by atoms with Crippen LogP contribution in [0.4, 0.5) is 0 Å². The molecule has 0 aliphatic heterocycles. The maximum absolute atomic E-state index is 5.38. The highest BCUT2D eigenvalue weighted by Gasteiger charge is 2.48. The summed E-state index contributed by atoms with van der Waals surface area (Å²) in [7, 11) is 0. The van der Waals surface area contributed by atoms with Gasteiger partial charge in [0.2, 0.25) is 0 Å². The number of H-pyrrole nitrogens is 1. The van der Waals surface area contributed by atoms with E-state index >= 15 is 0 Å². The van der Waals surface area contributed by atoms with Crippen molar-refractivity contribution in [2.75, 3.05) is 0 Å². The van der Waals surface area contributed by atoms with Crippen LogP contribution in [-0.4, -0.2) is 14.5 Å². The summed E-state index contributed by atoms with van der Waals surface area (Å²) in [5.74, 6) is 0. The maximum atomic E-state index is 5.38. The van der Waals surface area contributed by atoms with Gasteiger partial charge in [-0.15, -0.1) is 0 Å².